The van der Waals surface area contributed by atoms with Crippen molar-refractivity contribution in [3.8, 4) is 0 Å². The maximum absolute atomic E-state index is 11.2. The fourth-order valence-corrected chi connectivity index (χ4v) is 1.51. The monoisotopic (exact) mass is 291 g/mol. The molecule has 0 saturated heterocycles. The van der Waals surface area contributed by atoms with E-state index in [9.17, 15) is 4.79 Å². The molecule has 1 atom stereocenters. The second-order valence-electron chi connectivity index (χ2n) is 2.01. The van der Waals surface area contributed by atoms with Gasteiger partial charge in [0.1, 0.15) is 0 Å². The van der Waals surface area contributed by atoms with Crippen LogP contribution in [-0.2, 0) is 0 Å². The third kappa shape index (κ3) is 2.05. The molecule has 0 radical (unpaired) electrons. The molecule has 1 heterocycles. The minimum atomic E-state index is -0.205. The number of amides is 1. The van der Waals surface area contributed by atoms with E-state index >= 15 is 0 Å². The molecule has 0 spiro atoms. The number of nitrogens with one attached hydrogen (secondary N) is 1. The third-order valence-electron chi connectivity index (χ3n) is 1.21. The summed E-state index contributed by atoms with van der Waals surface area (Å²) in [5.74, 6) is -0.205. The molecule has 1 amide bonds. The number of nitrogens with zero attached hydrogens (tertiary/aromatic N) is 2. The molecule has 64 valence electrons. The van der Waals surface area contributed by atoms with Crippen molar-refractivity contribution in [1.82, 2.24) is 15.3 Å². The van der Waals surface area contributed by atoms with Crippen LogP contribution in [0.25, 0.3) is 0 Å². The Hall–Kier alpha value is -0.412. The molecule has 0 fully saturated rings. The molecule has 0 aliphatic carbocycles. The van der Waals surface area contributed by atoms with Gasteiger partial charge < -0.3 is 0 Å². The zero-order valence-electron chi connectivity index (χ0n) is 6.34. The Morgan fingerprint density at radius 3 is 3.00 bits per heavy atom. The Morgan fingerprint density at radius 1 is 1.75 bits per heavy atom. The predicted octanol–water partition coefficient (Wildman–Crippen LogP) is -1.14. The van der Waals surface area contributed by atoms with E-state index in [0.717, 1.165) is 0 Å². The molecule has 0 bridgehead atoms. The molecule has 4 nitrogen and oxygen atoms in total. The Morgan fingerprint density at radius 2 is 2.42 bits per heavy atom. The topological polar surface area (TPSA) is 54.9 Å². The Kier molecular flexibility index (Phi) is 3.23. The van der Waals surface area contributed by atoms with Crippen molar-refractivity contribution in [1.29, 1.82) is 0 Å². The Balaban J connectivity index is 3.13. The first-order chi connectivity index (χ1) is 5.65. The van der Waals surface area contributed by atoms with E-state index in [1.165, 1.54) is 16.9 Å². The van der Waals surface area contributed by atoms with Crippen LogP contribution in [0.3, 0.4) is 0 Å². The van der Waals surface area contributed by atoms with Crippen LogP contribution in [0, 0.1) is 0 Å². The van der Waals surface area contributed by atoms with Gasteiger partial charge in [-0.15, -0.1) is 0 Å². The molecular formula is C6H7AsBrN3O. The molecule has 1 rings (SSSR count). The van der Waals surface area contributed by atoms with Crippen LogP contribution in [0.2, 0.25) is 0 Å². The van der Waals surface area contributed by atoms with E-state index in [4.69, 9.17) is 0 Å². The predicted molar refractivity (Wildman–Crippen MR) is 51.3 cm³/mol. The fraction of sp³-hybridized carbons (Fsp3) is 0.167. The van der Waals surface area contributed by atoms with Crippen molar-refractivity contribution in [3.05, 3.63) is 16.5 Å². The second-order valence-corrected chi connectivity index (χ2v) is 3.97. The van der Waals surface area contributed by atoms with Gasteiger partial charge in [0.25, 0.3) is 0 Å². The number of carbonyl (C=O) groups is 1. The third-order valence-corrected chi connectivity index (χ3v) is 2.48. The van der Waals surface area contributed by atoms with Crippen LogP contribution >= 0.6 is 15.9 Å². The van der Waals surface area contributed by atoms with Gasteiger partial charge in [-0.2, -0.15) is 0 Å². The van der Waals surface area contributed by atoms with E-state index < -0.39 is 0 Å². The fourth-order valence-electron chi connectivity index (χ4n) is 0.662. The van der Waals surface area contributed by atoms with Gasteiger partial charge >= 0.3 is 86.8 Å². The molecule has 1 aromatic heterocycles. The zero-order valence-corrected chi connectivity index (χ0v) is 10.3. The van der Waals surface area contributed by atoms with Crippen molar-refractivity contribution in [2.75, 3.05) is 7.05 Å². The summed E-state index contributed by atoms with van der Waals surface area (Å²) in [6.45, 7) is 0. The van der Waals surface area contributed by atoms with Crippen LogP contribution < -0.4 is 9.80 Å². The molecular weight excluding hydrogens is 285 g/mol. The number of rotatable bonds is 1. The van der Waals surface area contributed by atoms with Crippen LogP contribution in [0.4, 0.5) is 0 Å². The van der Waals surface area contributed by atoms with Gasteiger partial charge in [-0.25, -0.2) is 0 Å². The van der Waals surface area contributed by atoms with Gasteiger partial charge in [-0.3, -0.25) is 0 Å². The van der Waals surface area contributed by atoms with Crippen molar-refractivity contribution in [2.24, 2.45) is 0 Å². The first kappa shape index (κ1) is 9.67. The van der Waals surface area contributed by atoms with Gasteiger partial charge in [0.05, 0.1) is 0 Å². The first-order valence-corrected chi connectivity index (χ1v) is 5.15. The van der Waals surface area contributed by atoms with Crippen molar-refractivity contribution >= 4 is 43.2 Å². The average Bonchev–Trinajstić information content (AvgIpc) is 2.08. The summed E-state index contributed by atoms with van der Waals surface area (Å²) in [7, 11) is 1.57. The normalized spacial score (nSPS) is 9.58. The maximum atomic E-state index is 11.2. The standard InChI is InChI=1S/C6H7AsBrN3O/c1-9-6(12)4-5(7)10-2-3(8)11-4/h2H,7H2,1H3,(H,9,12). The number of carbonyl (C=O) groups excluding carboxylic acids is 1. The number of halogens is 1. The Bertz CT molecular complexity index is 318. The minimum absolute atomic E-state index is 0.205. The summed E-state index contributed by atoms with van der Waals surface area (Å²) in [5, 5.41) is 2.50. The second kappa shape index (κ2) is 4.01. The van der Waals surface area contributed by atoms with E-state index in [2.05, 4.69) is 31.2 Å². The van der Waals surface area contributed by atoms with Crippen LogP contribution in [0.1, 0.15) is 10.5 Å². The van der Waals surface area contributed by atoms with Crippen molar-refractivity contribution in [2.45, 2.75) is 0 Å². The van der Waals surface area contributed by atoms with E-state index in [1.807, 2.05) is 0 Å². The summed E-state index contributed by atoms with van der Waals surface area (Å²) in [6.07, 6.45) is 1.57. The van der Waals surface area contributed by atoms with E-state index in [0.29, 0.717) is 14.8 Å². The summed E-state index contributed by atoms with van der Waals surface area (Å²) in [4.78, 5) is 19.2. The van der Waals surface area contributed by atoms with Crippen LogP contribution in [0.5, 0.6) is 0 Å². The van der Waals surface area contributed by atoms with Gasteiger partial charge in [0.15, 0.2) is 0 Å². The summed E-state index contributed by atoms with van der Waals surface area (Å²) >= 11 is 4.43. The van der Waals surface area contributed by atoms with Crippen LogP contribution in [0.15, 0.2) is 10.8 Å². The number of aromatic nitrogens is 2. The molecule has 0 aliphatic heterocycles. The number of hydrogen-bond donors (Lipinski definition) is 1. The molecule has 1 aromatic rings. The van der Waals surface area contributed by atoms with E-state index in [1.54, 1.807) is 13.2 Å². The molecule has 1 N–H and O–H groups in total. The molecule has 0 aliphatic rings. The molecule has 6 heteroatoms. The number of hydrogen-bond acceptors (Lipinski definition) is 3. The van der Waals surface area contributed by atoms with Gasteiger partial charge in [-0.05, 0) is 0 Å². The quantitative estimate of drug-likeness (QED) is 0.666. The van der Waals surface area contributed by atoms with Crippen LogP contribution in [-0.4, -0.2) is 39.8 Å². The van der Waals surface area contributed by atoms with Crippen molar-refractivity contribution < 1.29 is 4.79 Å². The van der Waals surface area contributed by atoms with Crippen molar-refractivity contribution in [3.63, 3.8) is 0 Å². The van der Waals surface area contributed by atoms with Gasteiger partial charge in [0.2, 0.25) is 0 Å². The zero-order chi connectivity index (χ0) is 9.14. The average molecular weight is 292 g/mol. The molecule has 1 unspecified atom stereocenters. The summed E-state index contributed by atoms with van der Waals surface area (Å²) in [6, 6.07) is 0. The van der Waals surface area contributed by atoms with Gasteiger partial charge in [0, 0.05) is 0 Å². The first-order valence-electron chi connectivity index (χ1n) is 3.15. The van der Waals surface area contributed by atoms with Gasteiger partial charge in [-0.1, -0.05) is 0 Å². The SMILES string of the molecule is CNC(=O)c1nc(Br)cnc1[AsH2]. The molecule has 0 aromatic carbocycles. The molecule has 0 saturated carbocycles. The molecule has 12 heavy (non-hydrogen) atoms. The summed E-state index contributed by atoms with van der Waals surface area (Å²) < 4.78 is 1.26. The summed E-state index contributed by atoms with van der Waals surface area (Å²) in [5.41, 5.74) is 0.381. The Labute approximate surface area is 86.8 Å². The van der Waals surface area contributed by atoms with E-state index in [-0.39, 0.29) is 5.91 Å².